The summed E-state index contributed by atoms with van der Waals surface area (Å²) in [6.07, 6.45) is 3.57. The van der Waals surface area contributed by atoms with Crippen LogP contribution in [0.1, 0.15) is 18.1 Å². The number of hydrogen-bond donors (Lipinski definition) is 0. The lowest BCUT2D eigenvalue weighted by Crippen LogP contribution is -2.38. The van der Waals surface area contributed by atoms with Gasteiger partial charge >= 0.3 is 5.69 Å². The molecule has 3 rings (SSSR count). The highest BCUT2D eigenvalue weighted by Crippen LogP contribution is 2.21. The van der Waals surface area contributed by atoms with Crippen LogP contribution in [0.2, 0.25) is 5.02 Å². The predicted molar refractivity (Wildman–Crippen MR) is 106 cm³/mol. The van der Waals surface area contributed by atoms with E-state index in [1.165, 1.54) is 4.57 Å². The molecule has 26 heavy (non-hydrogen) atoms. The van der Waals surface area contributed by atoms with Gasteiger partial charge in [0.15, 0.2) is 0 Å². The van der Waals surface area contributed by atoms with Gasteiger partial charge in [0.25, 0.3) is 5.56 Å². The fraction of sp³-hybridized carbons (Fsp3) is 0.143. The van der Waals surface area contributed by atoms with Gasteiger partial charge in [-0.05, 0) is 49.8 Å². The second kappa shape index (κ2) is 7.07. The van der Waals surface area contributed by atoms with Crippen molar-refractivity contribution in [2.24, 2.45) is 7.05 Å². The molecule has 0 bridgehead atoms. The first-order valence-electron chi connectivity index (χ1n) is 8.09. The third kappa shape index (κ3) is 2.98. The summed E-state index contributed by atoms with van der Waals surface area (Å²) < 4.78 is 2.57. The maximum absolute atomic E-state index is 13.0. The number of allylic oxidation sites excluding steroid dienone is 2. The Bertz CT molecular complexity index is 1220. The molecule has 2 aromatic carbocycles. The largest absolute Gasteiger partial charge is 0.335 e. The van der Waals surface area contributed by atoms with Crippen LogP contribution in [0.5, 0.6) is 0 Å². The highest BCUT2D eigenvalue weighted by atomic mass is 35.5. The summed E-state index contributed by atoms with van der Waals surface area (Å²) in [6.45, 7) is 3.73. The summed E-state index contributed by atoms with van der Waals surface area (Å²) in [5.74, 6) is 5.83. The van der Waals surface area contributed by atoms with E-state index < -0.39 is 5.69 Å². The van der Waals surface area contributed by atoms with Crippen molar-refractivity contribution in [3.05, 3.63) is 85.5 Å². The molecule has 0 atom stereocenters. The standard InChI is InChI=1S/C21H17ClN2O2/c1-4-5-6-9-15-11-12-17(16(22)13-15)24-20(25)19-14(2)8-7-10-18(19)23(3)21(24)26/h4-5,7-8,10-13H,1-3H3. The Kier molecular flexibility index (Phi) is 4.83. The third-order valence-electron chi connectivity index (χ3n) is 4.16. The molecule has 3 aromatic rings. The quantitative estimate of drug-likeness (QED) is 0.619. The van der Waals surface area contributed by atoms with Gasteiger partial charge in [-0.25, -0.2) is 9.36 Å². The second-order valence-electron chi connectivity index (χ2n) is 5.89. The molecule has 1 heterocycles. The van der Waals surface area contributed by atoms with Crippen molar-refractivity contribution in [1.82, 2.24) is 9.13 Å². The Morgan fingerprint density at radius 3 is 2.62 bits per heavy atom. The van der Waals surface area contributed by atoms with Crippen LogP contribution < -0.4 is 11.2 Å². The highest BCUT2D eigenvalue weighted by Gasteiger charge is 2.16. The van der Waals surface area contributed by atoms with Crippen LogP contribution in [0.25, 0.3) is 16.6 Å². The number of rotatable bonds is 1. The number of halogens is 1. The number of nitrogens with zero attached hydrogens (tertiary/aromatic N) is 2. The van der Waals surface area contributed by atoms with Crippen LogP contribution in [-0.4, -0.2) is 9.13 Å². The van der Waals surface area contributed by atoms with Crippen molar-refractivity contribution in [3.8, 4) is 17.5 Å². The monoisotopic (exact) mass is 364 g/mol. The second-order valence-corrected chi connectivity index (χ2v) is 6.29. The van der Waals surface area contributed by atoms with Crippen molar-refractivity contribution in [2.75, 3.05) is 0 Å². The van der Waals surface area contributed by atoms with E-state index in [-0.39, 0.29) is 5.56 Å². The third-order valence-corrected chi connectivity index (χ3v) is 4.47. The molecule has 0 saturated carbocycles. The van der Waals surface area contributed by atoms with Crippen molar-refractivity contribution in [1.29, 1.82) is 0 Å². The molecule has 0 spiro atoms. The minimum atomic E-state index is -0.442. The molecule has 0 amide bonds. The van der Waals surface area contributed by atoms with E-state index in [1.807, 2.05) is 32.1 Å². The summed E-state index contributed by atoms with van der Waals surface area (Å²) in [5.41, 5.74) is 1.64. The van der Waals surface area contributed by atoms with Crippen LogP contribution in [-0.2, 0) is 7.05 Å². The van der Waals surface area contributed by atoms with Gasteiger partial charge in [0.1, 0.15) is 0 Å². The van der Waals surface area contributed by atoms with Gasteiger partial charge in [-0.15, -0.1) is 0 Å². The smallest absolute Gasteiger partial charge is 0.296 e. The molecular formula is C21H17ClN2O2. The molecule has 0 fully saturated rings. The fourth-order valence-corrected chi connectivity index (χ4v) is 3.11. The molecule has 0 N–H and O–H groups in total. The lowest BCUT2D eigenvalue weighted by Gasteiger charge is -2.13. The fourth-order valence-electron chi connectivity index (χ4n) is 2.85. The zero-order valence-corrected chi connectivity index (χ0v) is 15.5. The summed E-state index contributed by atoms with van der Waals surface area (Å²) in [4.78, 5) is 25.8. The van der Waals surface area contributed by atoms with E-state index in [2.05, 4.69) is 11.8 Å². The van der Waals surface area contributed by atoms with Gasteiger partial charge in [-0.1, -0.05) is 41.7 Å². The Hall–Kier alpha value is -3.03. The van der Waals surface area contributed by atoms with E-state index in [4.69, 9.17) is 11.6 Å². The predicted octanol–water partition coefficient (Wildman–Crippen LogP) is 3.58. The minimum absolute atomic E-state index is 0.296. The van der Waals surface area contributed by atoms with Crippen LogP contribution in [0, 0.1) is 18.8 Å². The van der Waals surface area contributed by atoms with Crippen molar-refractivity contribution in [2.45, 2.75) is 13.8 Å². The molecule has 130 valence electrons. The summed E-state index contributed by atoms with van der Waals surface area (Å²) >= 11 is 6.37. The topological polar surface area (TPSA) is 44.0 Å². The van der Waals surface area contributed by atoms with Crippen LogP contribution >= 0.6 is 11.6 Å². The first-order valence-corrected chi connectivity index (χ1v) is 8.47. The number of aromatic nitrogens is 2. The van der Waals surface area contributed by atoms with Gasteiger partial charge in [0.05, 0.1) is 21.6 Å². The normalized spacial score (nSPS) is 10.9. The lowest BCUT2D eigenvalue weighted by atomic mass is 10.1. The average Bonchev–Trinajstić information content (AvgIpc) is 2.61. The van der Waals surface area contributed by atoms with Crippen LogP contribution in [0.3, 0.4) is 0 Å². The number of benzene rings is 2. The molecular weight excluding hydrogens is 348 g/mol. The van der Waals surface area contributed by atoms with Crippen molar-refractivity contribution >= 4 is 22.5 Å². The first kappa shape index (κ1) is 17.8. The van der Waals surface area contributed by atoms with Crippen LogP contribution in [0.4, 0.5) is 0 Å². The summed E-state index contributed by atoms with van der Waals surface area (Å²) in [6, 6.07) is 10.5. The molecule has 0 radical (unpaired) electrons. The molecule has 5 heteroatoms. The van der Waals surface area contributed by atoms with Gasteiger partial charge in [-0.3, -0.25) is 9.36 Å². The molecule has 4 nitrogen and oxygen atoms in total. The molecule has 0 aliphatic rings. The van der Waals surface area contributed by atoms with Crippen molar-refractivity contribution in [3.63, 3.8) is 0 Å². The zero-order valence-electron chi connectivity index (χ0n) is 14.7. The number of hydrogen-bond acceptors (Lipinski definition) is 2. The number of fused-ring (bicyclic) bond motifs is 1. The van der Waals surface area contributed by atoms with Crippen LogP contribution in [0.15, 0.2) is 58.1 Å². The van der Waals surface area contributed by atoms with Gasteiger partial charge < -0.3 is 0 Å². The van der Waals surface area contributed by atoms with E-state index >= 15 is 0 Å². The lowest BCUT2D eigenvalue weighted by molar-refractivity contribution is 0.773. The minimum Gasteiger partial charge on any atom is -0.296 e. The van der Waals surface area contributed by atoms with Gasteiger partial charge in [0, 0.05) is 12.6 Å². The molecule has 0 aliphatic heterocycles. The van der Waals surface area contributed by atoms with Gasteiger partial charge in [0.2, 0.25) is 0 Å². The van der Waals surface area contributed by atoms with Crippen molar-refractivity contribution < 1.29 is 0 Å². The summed E-state index contributed by atoms with van der Waals surface area (Å²) in [5, 5.41) is 0.798. The van der Waals surface area contributed by atoms with E-state index in [9.17, 15) is 9.59 Å². The van der Waals surface area contributed by atoms with E-state index in [1.54, 1.807) is 37.4 Å². The summed E-state index contributed by atoms with van der Waals surface area (Å²) in [7, 11) is 1.64. The molecule has 0 saturated heterocycles. The highest BCUT2D eigenvalue weighted by molar-refractivity contribution is 6.32. The SMILES string of the molecule is CC=CC#Cc1ccc(-n2c(=O)c3c(C)cccc3n(C)c2=O)c(Cl)c1. The van der Waals surface area contributed by atoms with E-state index in [0.29, 0.717) is 27.2 Å². The first-order chi connectivity index (χ1) is 12.5. The molecule has 0 aliphatic carbocycles. The van der Waals surface area contributed by atoms with Gasteiger partial charge in [-0.2, -0.15) is 0 Å². The Morgan fingerprint density at radius 1 is 1.15 bits per heavy atom. The number of aryl methyl sites for hydroxylation is 2. The van der Waals surface area contributed by atoms with E-state index in [0.717, 1.165) is 10.1 Å². The average molecular weight is 365 g/mol. The zero-order chi connectivity index (χ0) is 18.8. The maximum atomic E-state index is 13.0. The maximum Gasteiger partial charge on any atom is 0.335 e. The Morgan fingerprint density at radius 2 is 1.92 bits per heavy atom. The Labute approximate surface area is 156 Å². The Balaban J connectivity index is 2.31. The molecule has 0 unspecified atom stereocenters. The molecule has 1 aromatic heterocycles.